The van der Waals surface area contributed by atoms with E-state index in [0.717, 1.165) is 29.1 Å². The van der Waals surface area contributed by atoms with E-state index in [-0.39, 0.29) is 0 Å². The second-order valence-electron chi connectivity index (χ2n) is 4.88. The average molecular weight is 227 g/mol. The summed E-state index contributed by atoms with van der Waals surface area (Å²) in [7, 11) is 2.08. The molecule has 0 radical (unpaired) electrons. The van der Waals surface area contributed by atoms with E-state index < -0.39 is 0 Å². The fourth-order valence-electron chi connectivity index (χ4n) is 2.64. The van der Waals surface area contributed by atoms with Crippen LogP contribution in [0.3, 0.4) is 0 Å². The molecule has 2 aliphatic rings. The van der Waals surface area contributed by atoms with Crippen molar-refractivity contribution in [3.8, 4) is 11.4 Å². The number of hydrogen-bond acceptors (Lipinski definition) is 4. The van der Waals surface area contributed by atoms with Gasteiger partial charge in [0.2, 0.25) is 5.95 Å². The van der Waals surface area contributed by atoms with Gasteiger partial charge >= 0.3 is 0 Å². The molecule has 1 saturated carbocycles. The van der Waals surface area contributed by atoms with Crippen LogP contribution in [0.15, 0.2) is 6.20 Å². The first-order chi connectivity index (χ1) is 8.24. The predicted molar refractivity (Wildman–Crippen MR) is 63.4 cm³/mol. The first kappa shape index (κ1) is 9.15. The minimum atomic E-state index is 0.339. The van der Waals surface area contributed by atoms with E-state index in [1.165, 1.54) is 18.7 Å². The molecular weight excluding hydrogens is 214 g/mol. The van der Waals surface area contributed by atoms with Crippen molar-refractivity contribution in [1.29, 1.82) is 0 Å². The van der Waals surface area contributed by atoms with E-state index in [0.29, 0.717) is 11.9 Å². The highest BCUT2D eigenvalue weighted by Gasteiger charge is 2.33. The van der Waals surface area contributed by atoms with Gasteiger partial charge in [-0.15, -0.1) is 0 Å². The summed E-state index contributed by atoms with van der Waals surface area (Å²) in [5.41, 5.74) is 10.0. The van der Waals surface area contributed by atoms with E-state index in [2.05, 4.69) is 21.6 Å². The van der Waals surface area contributed by atoms with Gasteiger partial charge in [-0.3, -0.25) is 0 Å². The lowest BCUT2D eigenvalue weighted by molar-refractivity contribution is 0.799. The normalized spacial score (nSPS) is 17.0. The van der Waals surface area contributed by atoms with Crippen molar-refractivity contribution >= 4 is 5.95 Å². The zero-order chi connectivity index (χ0) is 11.6. The molecule has 0 atom stereocenters. The van der Waals surface area contributed by atoms with Crippen molar-refractivity contribution in [2.24, 2.45) is 7.05 Å². The molecule has 2 heterocycles. The fourth-order valence-corrected chi connectivity index (χ4v) is 2.64. The lowest BCUT2D eigenvalue weighted by Crippen LogP contribution is -2.02. The summed E-state index contributed by atoms with van der Waals surface area (Å²) in [6.45, 7) is 0. The Morgan fingerprint density at radius 2 is 2.18 bits per heavy atom. The lowest BCUT2D eigenvalue weighted by Gasteiger charge is -2.05. The quantitative estimate of drug-likeness (QED) is 0.679. The van der Waals surface area contributed by atoms with Crippen molar-refractivity contribution in [2.45, 2.75) is 25.2 Å². The van der Waals surface area contributed by atoms with E-state index in [1.807, 2.05) is 6.20 Å². The van der Waals surface area contributed by atoms with Crippen LogP contribution in [0.5, 0.6) is 0 Å². The molecule has 5 heteroatoms. The van der Waals surface area contributed by atoms with Crippen LogP contribution in [-0.4, -0.2) is 19.5 Å². The molecule has 0 aliphatic heterocycles. The molecule has 17 heavy (non-hydrogen) atoms. The summed E-state index contributed by atoms with van der Waals surface area (Å²) in [6.07, 6.45) is 5.19. The molecule has 4 rings (SSSR count). The van der Waals surface area contributed by atoms with Crippen LogP contribution in [0.4, 0.5) is 5.95 Å². The second-order valence-corrected chi connectivity index (χ2v) is 4.88. The smallest absolute Gasteiger partial charge is 0.220 e. The zero-order valence-electron chi connectivity index (χ0n) is 9.64. The van der Waals surface area contributed by atoms with Gasteiger partial charge in [0.05, 0.1) is 17.1 Å². The van der Waals surface area contributed by atoms with Gasteiger partial charge in [0.25, 0.3) is 0 Å². The number of anilines is 1. The Morgan fingerprint density at radius 3 is 2.94 bits per heavy atom. The maximum atomic E-state index is 5.67. The molecule has 0 amide bonds. The molecular formula is C12H13N5. The second kappa shape index (κ2) is 2.85. The van der Waals surface area contributed by atoms with Crippen LogP contribution >= 0.6 is 0 Å². The molecule has 0 saturated heterocycles. The largest absolute Gasteiger partial charge is 0.368 e. The summed E-state index contributed by atoms with van der Waals surface area (Å²) in [4.78, 5) is 13.1. The minimum absolute atomic E-state index is 0.339. The van der Waals surface area contributed by atoms with Gasteiger partial charge in [0.1, 0.15) is 5.82 Å². The van der Waals surface area contributed by atoms with Crippen LogP contribution in [0.25, 0.3) is 11.4 Å². The molecule has 5 nitrogen and oxygen atoms in total. The number of aromatic nitrogens is 4. The Hall–Kier alpha value is -1.91. The molecule has 0 bridgehead atoms. The summed E-state index contributed by atoms with van der Waals surface area (Å²) >= 11 is 0. The van der Waals surface area contributed by atoms with Crippen molar-refractivity contribution in [2.75, 3.05) is 5.73 Å². The maximum Gasteiger partial charge on any atom is 0.220 e. The van der Waals surface area contributed by atoms with Crippen molar-refractivity contribution in [1.82, 2.24) is 19.5 Å². The zero-order valence-corrected chi connectivity index (χ0v) is 9.64. The monoisotopic (exact) mass is 227 g/mol. The number of nitrogen functional groups attached to an aromatic ring is 1. The Bertz CT molecular complexity index is 624. The SMILES string of the molecule is Cn1c(C2CC2)nc2c1-c1nc(N)ncc1C2. The molecule has 2 aliphatic carbocycles. The Morgan fingerprint density at radius 1 is 1.35 bits per heavy atom. The van der Waals surface area contributed by atoms with E-state index in [1.54, 1.807) is 0 Å². The van der Waals surface area contributed by atoms with Crippen LogP contribution in [-0.2, 0) is 13.5 Å². The number of imidazole rings is 1. The third-order valence-corrected chi connectivity index (χ3v) is 3.61. The lowest BCUT2D eigenvalue weighted by atomic mass is 10.2. The minimum Gasteiger partial charge on any atom is -0.368 e. The number of hydrogen-bond donors (Lipinski definition) is 1. The summed E-state index contributed by atoms with van der Waals surface area (Å²) < 4.78 is 2.19. The molecule has 2 N–H and O–H groups in total. The third-order valence-electron chi connectivity index (χ3n) is 3.61. The first-order valence-electron chi connectivity index (χ1n) is 5.91. The summed E-state index contributed by atoms with van der Waals surface area (Å²) in [5, 5.41) is 0. The number of nitrogens with two attached hydrogens (primary N) is 1. The Balaban J connectivity index is 1.95. The highest BCUT2D eigenvalue weighted by molar-refractivity contribution is 5.70. The molecule has 2 aromatic rings. The van der Waals surface area contributed by atoms with E-state index in [4.69, 9.17) is 10.7 Å². The number of fused-ring (bicyclic) bond motifs is 3. The van der Waals surface area contributed by atoms with E-state index in [9.17, 15) is 0 Å². The molecule has 1 fully saturated rings. The summed E-state index contributed by atoms with van der Waals surface area (Å²) in [6, 6.07) is 0. The third kappa shape index (κ3) is 1.16. The molecule has 0 unspecified atom stereocenters. The Kier molecular flexibility index (Phi) is 1.54. The van der Waals surface area contributed by atoms with E-state index >= 15 is 0 Å². The molecule has 86 valence electrons. The van der Waals surface area contributed by atoms with Crippen molar-refractivity contribution in [3.05, 3.63) is 23.3 Å². The summed E-state index contributed by atoms with van der Waals surface area (Å²) in [5.74, 6) is 2.21. The van der Waals surface area contributed by atoms with Gasteiger partial charge in [-0.2, -0.15) is 0 Å². The van der Waals surface area contributed by atoms with Gasteiger partial charge in [0.15, 0.2) is 0 Å². The molecule has 0 aromatic carbocycles. The number of rotatable bonds is 1. The van der Waals surface area contributed by atoms with Crippen LogP contribution in [0, 0.1) is 0 Å². The fraction of sp³-hybridized carbons (Fsp3) is 0.417. The van der Waals surface area contributed by atoms with Crippen LogP contribution in [0.2, 0.25) is 0 Å². The topological polar surface area (TPSA) is 69.6 Å². The predicted octanol–water partition coefficient (Wildman–Crippen LogP) is 1.24. The standard InChI is InChI=1S/C12H13N5/c1-17-10-8(15-11(17)6-2-3-6)4-7-5-14-12(13)16-9(7)10/h5-6H,2-4H2,1H3,(H2,13,14,16). The van der Waals surface area contributed by atoms with Crippen molar-refractivity contribution in [3.63, 3.8) is 0 Å². The first-order valence-corrected chi connectivity index (χ1v) is 5.91. The van der Waals surface area contributed by atoms with Crippen molar-refractivity contribution < 1.29 is 0 Å². The highest BCUT2D eigenvalue weighted by Crippen LogP contribution is 2.43. The molecule has 2 aromatic heterocycles. The van der Waals surface area contributed by atoms with Gasteiger partial charge < -0.3 is 10.3 Å². The Labute approximate surface area is 98.7 Å². The van der Waals surface area contributed by atoms with Gasteiger partial charge in [-0.25, -0.2) is 15.0 Å². The number of nitrogens with zero attached hydrogens (tertiary/aromatic N) is 4. The maximum absolute atomic E-state index is 5.67. The van der Waals surface area contributed by atoms with Crippen LogP contribution < -0.4 is 5.73 Å². The van der Waals surface area contributed by atoms with Gasteiger partial charge in [-0.1, -0.05) is 0 Å². The van der Waals surface area contributed by atoms with Gasteiger partial charge in [-0.05, 0) is 12.8 Å². The average Bonchev–Trinajstić information content (AvgIpc) is 3.00. The highest BCUT2D eigenvalue weighted by atomic mass is 15.1. The van der Waals surface area contributed by atoms with Crippen LogP contribution in [0.1, 0.15) is 35.8 Å². The van der Waals surface area contributed by atoms with Gasteiger partial charge in [0, 0.05) is 31.1 Å². The molecule has 0 spiro atoms.